The number of anilines is 3. The van der Waals surface area contributed by atoms with Crippen molar-refractivity contribution in [2.75, 3.05) is 4.90 Å². The van der Waals surface area contributed by atoms with Crippen LogP contribution < -0.4 is 4.90 Å². The maximum atomic E-state index is 2.44. The zero-order valence-corrected chi connectivity index (χ0v) is 27.7. The molecule has 0 radical (unpaired) electrons. The van der Waals surface area contributed by atoms with Crippen molar-refractivity contribution in [1.82, 2.24) is 0 Å². The van der Waals surface area contributed by atoms with Gasteiger partial charge >= 0.3 is 0 Å². The smallest absolute Gasteiger partial charge is 0.0714 e. The average molecular weight is 638 g/mol. The number of nitrogens with zero attached hydrogens (tertiary/aromatic N) is 1. The SMILES string of the molecule is c1ccc(-c2ccc(N(c3cccc(-c4ccccc4)c3)c3ccc4c(c3)C(c3ccccc3)(c3ccccc3)c3ccccc3-4)cc2)cc1. The molecule has 0 unspecified atom stereocenters. The van der Waals surface area contributed by atoms with Crippen molar-refractivity contribution in [3.63, 3.8) is 0 Å². The third kappa shape index (κ3) is 4.95. The molecule has 1 nitrogen and oxygen atoms in total. The van der Waals surface area contributed by atoms with Gasteiger partial charge in [0.2, 0.25) is 0 Å². The molecule has 1 aliphatic rings. The molecule has 0 aromatic heterocycles. The first-order valence-corrected chi connectivity index (χ1v) is 17.3. The summed E-state index contributed by atoms with van der Waals surface area (Å²) in [4.78, 5) is 2.41. The molecule has 0 fully saturated rings. The van der Waals surface area contributed by atoms with Gasteiger partial charge in [-0.2, -0.15) is 0 Å². The summed E-state index contributed by atoms with van der Waals surface area (Å²) in [6.45, 7) is 0. The fourth-order valence-electron chi connectivity index (χ4n) is 7.91. The highest BCUT2D eigenvalue weighted by Gasteiger charge is 2.46. The first-order chi connectivity index (χ1) is 24.8. The van der Waals surface area contributed by atoms with E-state index in [2.05, 4.69) is 217 Å². The second-order valence-corrected chi connectivity index (χ2v) is 12.9. The normalized spacial score (nSPS) is 12.6. The van der Waals surface area contributed by atoms with Crippen LogP contribution in [0.3, 0.4) is 0 Å². The fourth-order valence-corrected chi connectivity index (χ4v) is 7.91. The molecule has 1 aliphatic carbocycles. The molecule has 0 spiro atoms. The Balaban J connectivity index is 1.28. The van der Waals surface area contributed by atoms with Gasteiger partial charge in [-0.15, -0.1) is 0 Å². The Labute approximate surface area is 294 Å². The van der Waals surface area contributed by atoms with Crippen LogP contribution >= 0.6 is 0 Å². The maximum absolute atomic E-state index is 2.44. The highest BCUT2D eigenvalue weighted by Crippen LogP contribution is 2.57. The molecule has 0 amide bonds. The summed E-state index contributed by atoms with van der Waals surface area (Å²) in [5.41, 5.74) is 15.3. The van der Waals surface area contributed by atoms with Gasteiger partial charge < -0.3 is 4.90 Å². The molecule has 0 aliphatic heterocycles. The predicted octanol–water partition coefficient (Wildman–Crippen LogP) is 12.9. The van der Waals surface area contributed by atoms with Crippen LogP contribution in [0.25, 0.3) is 33.4 Å². The number of hydrogen-bond acceptors (Lipinski definition) is 1. The van der Waals surface area contributed by atoms with Crippen molar-refractivity contribution in [2.24, 2.45) is 0 Å². The fraction of sp³-hybridized carbons (Fsp3) is 0.0204. The van der Waals surface area contributed by atoms with E-state index in [1.54, 1.807) is 0 Å². The van der Waals surface area contributed by atoms with E-state index in [1.807, 2.05) is 0 Å². The van der Waals surface area contributed by atoms with Crippen LogP contribution in [-0.2, 0) is 5.41 Å². The molecular formula is C49H35N. The van der Waals surface area contributed by atoms with Gasteiger partial charge in [0, 0.05) is 17.1 Å². The van der Waals surface area contributed by atoms with Crippen LogP contribution in [0.15, 0.2) is 212 Å². The first-order valence-electron chi connectivity index (χ1n) is 17.3. The zero-order valence-electron chi connectivity index (χ0n) is 27.7. The molecule has 1 heteroatoms. The average Bonchev–Trinajstić information content (AvgIpc) is 3.50. The largest absolute Gasteiger partial charge is 0.310 e. The Hall–Kier alpha value is -6.44. The standard InChI is InChI=1S/C49H35N/c1-5-16-36(17-6-1)38-28-30-42(31-29-38)50(43-25-15-20-39(34-43)37-18-7-2-8-19-37)44-32-33-46-45-26-13-14-27-47(45)49(48(46)35-44,40-21-9-3-10-22-40)41-23-11-4-12-24-41/h1-35H. The maximum Gasteiger partial charge on any atom is 0.0714 e. The van der Waals surface area contributed by atoms with Crippen LogP contribution in [0, 0.1) is 0 Å². The predicted molar refractivity (Wildman–Crippen MR) is 209 cm³/mol. The van der Waals surface area contributed by atoms with Gasteiger partial charge in [-0.1, -0.05) is 176 Å². The quantitative estimate of drug-likeness (QED) is 0.168. The number of benzene rings is 8. The Bertz CT molecular complexity index is 2360. The molecule has 0 heterocycles. The highest BCUT2D eigenvalue weighted by atomic mass is 15.1. The molecule has 0 N–H and O–H groups in total. The summed E-state index contributed by atoms with van der Waals surface area (Å²) in [6, 6.07) is 77.2. The Morgan fingerprint density at radius 1 is 0.280 bits per heavy atom. The van der Waals surface area contributed by atoms with Crippen LogP contribution in [0.2, 0.25) is 0 Å². The summed E-state index contributed by atoms with van der Waals surface area (Å²) >= 11 is 0. The summed E-state index contributed by atoms with van der Waals surface area (Å²) in [7, 11) is 0. The van der Waals surface area contributed by atoms with Crippen LogP contribution in [0.1, 0.15) is 22.3 Å². The lowest BCUT2D eigenvalue weighted by Crippen LogP contribution is -2.28. The zero-order chi connectivity index (χ0) is 33.3. The van der Waals surface area contributed by atoms with E-state index in [0.29, 0.717) is 0 Å². The summed E-state index contributed by atoms with van der Waals surface area (Å²) in [6.07, 6.45) is 0. The molecule has 0 saturated heterocycles. The number of hydrogen-bond donors (Lipinski definition) is 0. The highest BCUT2D eigenvalue weighted by molar-refractivity contribution is 5.90. The molecule has 8 aromatic carbocycles. The summed E-state index contributed by atoms with van der Waals surface area (Å²) in [5.74, 6) is 0. The topological polar surface area (TPSA) is 3.24 Å². The Morgan fingerprint density at radius 2 is 0.740 bits per heavy atom. The Morgan fingerprint density at radius 3 is 1.38 bits per heavy atom. The van der Waals surface area contributed by atoms with Gasteiger partial charge in [0.25, 0.3) is 0 Å². The van der Waals surface area contributed by atoms with E-state index in [0.717, 1.165) is 17.1 Å². The van der Waals surface area contributed by atoms with E-state index < -0.39 is 5.41 Å². The van der Waals surface area contributed by atoms with Crippen LogP contribution in [0.4, 0.5) is 17.1 Å². The molecule has 50 heavy (non-hydrogen) atoms. The molecule has 236 valence electrons. The lowest BCUT2D eigenvalue weighted by Gasteiger charge is -2.35. The Kier molecular flexibility index (Phi) is 7.44. The van der Waals surface area contributed by atoms with Gasteiger partial charge in [0.15, 0.2) is 0 Å². The minimum atomic E-state index is -0.473. The molecule has 0 atom stereocenters. The summed E-state index contributed by atoms with van der Waals surface area (Å²) in [5, 5.41) is 0. The van der Waals surface area contributed by atoms with E-state index in [4.69, 9.17) is 0 Å². The monoisotopic (exact) mass is 637 g/mol. The second-order valence-electron chi connectivity index (χ2n) is 12.9. The van der Waals surface area contributed by atoms with E-state index in [-0.39, 0.29) is 0 Å². The molecular weight excluding hydrogens is 603 g/mol. The van der Waals surface area contributed by atoms with Crippen LogP contribution in [0.5, 0.6) is 0 Å². The minimum absolute atomic E-state index is 0.473. The molecule has 9 rings (SSSR count). The molecule has 0 saturated carbocycles. The van der Waals surface area contributed by atoms with E-state index in [9.17, 15) is 0 Å². The second kappa shape index (κ2) is 12.5. The van der Waals surface area contributed by atoms with E-state index in [1.165, 1.54) is 55.6 Å². The van der Waals surface area contributed by atoms with Gasteiger partial charge in [-0.3, -0.25) is 0 Å². The van der Waals surface area contributed by atoms with Crippen molar-refractivity contribution in [1.29, 1.82) is 0 Å². The van der Waals surface area contributed by atoms with Gasteiger partial charge in [-0.05, 0) is 92.0 Å². The minimum Gasteiger partial charge on any atom is -0.310 e. The van der Waals surface area contributed by atoms with Crippen molar-refractivity contribution in [3.05, 3.63) is 235 Å². The van der Waals surface area contributed by atoms with Crippen molar-refractivity contribution < 1.29 is 0 Å². The molecule has 8 aromatic rings. The number of rotatable bonds is 7. The van der Waals surface area contributed by atoms with Crippen LogP contribution in [-0.4, -0.2) is 0 Å². The third-order valence-electron chi connectivity index (χ3n) is 10.1. The summed E-state index contributed by atoms with van der Waals surface area (Å²) < 4.78 is 0. The first kappa shape index (κ1) is 29.7. The lowest BCUT2D eigenvalue weighted by molar-refractivity contribution is 0.768. The number of fused-ring (bicyclic) bond motifs is 3. The third-order valence-corrected chi connectivity index (χ3v) is 10.1. The van der Waals surface area contributed by atoms with E-state index >= 15 is 0 Å². The van der Waals surface area contributed by atoms with Gasteiger partial charge in [-0.25, -0.2) is 0 Å². The van der Waals surface area contributed by atoms with Crippen molar-refractivity contribution in [2.45, 2.75) is 5.41 Å². The van der Waals surface area contributed by atoms with Gasteiger partial charge in [0.1, 0.15) is 0 Å². The van der Waals surface area contributed by atoms with Crippen molar-refractivity contribution in [3.8, 4) is 33.4 Å². The molecule has 0 bridgehead atoms. The lowest BCUT2D eigenvalue weighted by atomic mass is 9.67. The van der Waals surface area contributed by atoms with Gasteiger partial charge in [0.05, 0.1) is 5.41 Å². The van der Waals surface area contributed by atoms with Crippen molar-refractivity contribution >= 4 is 17.1 Å².